The summed E-state index contributed by atoms with van der Waals surface area (Å²) < 4.78 is 14.4. The molecule has 0 spiro atoms. The van der Waals surface area contributed by atoms with Gasteiger partial charge in [0.2, 0.25) is 5.91 Å². The van der Waals surface area contributed by atoms with Crippen molar-refractivity contribution in [1.82, 2.24) is 4.90 Å². The van der Waals surface area contributed by atoms with Crippen molar-refractivity contribution >= 4 is 17.3 Å². The van der Waals surface area contributed by atoms with E-state index >= 15 is 0 Å². The highest BCUT2D eigenvalue weighted by molar-refractivity contribution is 5.93. The molecule has 0 aromatic heterocycles. The third-order valence-corrected chi connectivity index (χ3v) is 5.29. The molecule has 0 saturated carbocycles. The Balaban J connectivity index is 1.90. The van der Waals surface area contributed by atoms with E-state index in [9.17, 15) is 9.18 Å². The van der Waals surface area contributed by atoms with Crippen molar-refractivity contribution in [3.05, 3.63) is 47.8 Å². The van der Waals surface area contributed by atoms with E-state index in [0.29, 0.717) is 28.9 Å². The molecular formula is C20H25FN4O. The standard InChI is InChI=1S/C20H25FN4O/c1-12-10-25(11-13(2)24(12)3)19-7-5-14(9-18(19)22)16-6-4-15(20(23)26)8-17(16)21/h4-9,12-13H,10-11,22H2,1-3H3,(H2,23,26)/t12-,13+. The van der Waals surface area contributed by atoms with E-state index in [1.54, 1.807) is 12.1 Å². The number of piperazine rings is 1. The molecule has 26 heavy (non-hydrogen) atoms. The van der Waals surface area contributed by atoms with Crippen molar-refractivity contribution in [1.29, 1.82) is 0 Å². The van der Waals surface area contributed by atoms with Gasteiger partial charge in [-0.3, -0.25) is 9.69 Å². The molecule has 0 radical (unpaired) electrons. The van der Waals surface area contributed by atoms with Crippen LogP contribution in [0.4, 0.5) is 15.8 Å². The number of hydrogen-bond acceptors (Lipinski definition) is 4. The lowest BCUT2D eigenvalue weighted by molar-refractivity contribution is 0.1000. The van der Waals surface area contributed by atoms with Crippen molar-refractivity contribution in [3.63, 3.8) is 0 Å². The van der Waals surface area contributed by atoms with Gasteiger partial charge in [0, 0.05) is 36.3 Å². The second-order valence-corrected chi connectivity index (χ2v) is 7.10. The molecule has 1 aliphatic rings. The predicted molar refractivity (Wildman–Crippen MR) is 104 cm³/mol. The van der Waals surface area contributed by atoms with Gasteiger partial charge in [0.05, 0.1) is 11.4 Å². The number of carbonyl (C=O) groups is 1. The van der Waals surface area contributed by atoms with Crippen LogP contribution in [0.3, 0.4) is 0 Å². The summed E-state index contributed by atoms with van der Waals surface area (Å²) in [6.45, 7) is 6.18. The number of nitrogen functional groups attached to an aromatic ring is 1. The number of likely N-dealkylation sites (N-methyl/N-ethyl adjacent to an activating group) is 1. The van der Waals surface area contributed by atoms with E-state index in [1.807, 2.05) is 12.1 Å². The van der Waals surface area contributed by atoms with Crippen molar-refractivity contribution in [2.24, 2.45) is 5.73 Å². The van der Waals surface area contributed by atoms with Gasteiger partial charge in [0.1, 0.15) is 5.82 Å². The molecule has 1 aliphatic heterocycles. The van der Waals surface area contributed by atoms with Crippen LogP contribution in [0.1, 0.15) is 24.2 Å². The molecule has 6 heteroatoms. The van der Waals surface area contributed by atoms with Crippen LogP contribution in [-0.2, 0) is 0 Å². The molecule has 4 N–H and O–H groups in total. The molecule has 0 bridgehead atoms. The highest BCUT2D eigenvalue weighted by Crippen LogP contribution is 2.32. The van der Waals surface area contributed by atoms with Gasteiger partial charge in [-0.1, -0.05) is 12.1 Å². The summed E-state index contributed by atoms with van der Waals surface area (Å²) in [7, 11) is 2.14. The minimum Gasteiger partial charge on any atom is -0.397 e. The van der Waals surface area contributed by atoms with E-state index < -0.39 is 11.7 Å². The number of amides is 1. The van der Waals surface area contributed by atoms with Gasteiger partial charge in [0.15, 0.2) is 0 Å². The van der Waals surface area contributed by atoms with E-state index in [1.165, 1.54) is 6.07 Å². The molecule has 2 aromatic carbocycles. The highest BCUT2D eigenvalue weighted by atomic mass is 19.1. The first-order valence-electron chi connectivity index (χ1n) is 8.74. The normalized spacial score (nSPS) is 21.0. The average molecular weight is 356 g/mol. The molecule has 5 nitrogen and oxygen atoms in total. The Hall–Kier alpha value is -2.60. The number of benzene rings is 2. The van der Waals surface area contributed by atoms with Gasteiger partial charge in [0.25, 0.3) is 0 Å². The predicted octanol–water partition coefficient (Wildman–Crippen LogP) is 2.70. The Morgan fingerprint density at radius 1 is 1.12 bits per heavy atom. The summed E-state index contributed by atoms with van der Waals surface area (Å²) in [5, 5.41) is 0. The molecule has 1 saturated heterocycles. The summed E-state index contributed by atoms with van der Waals surface area (Å²) in [4.78, 5) is 15.8. The third-order valence-electron chi connectivity index (χ3n) is 5.29. The maximum atomic E-state index is 14.4. The summed E-state index contributed by atoms with van der Waals surface area (Å²) in [6.07, 6.45) is 0. The topological polar surface area (TPSA) is 75.6 Å². The minimum absolute atomic E-state index is 0.149. The largest absolute Gasteiger partial charge is 0.397 e. The number of nitrogens with two attached hydrogens (primary N) is 2. The maximum Gasteiger partial charge on any atom is 0.248 e. The number of nitrogens with zero attached hydrogens (tertiary/aromatic N) is 2. The van der Waals surface area contributed by atoms with Gasteiger partial charge in [-0.2, -0.15) is 0 Å². The maximum absolute atomic E-state index is 14.4. The van der Waals surface area contributed by atoms with Gasteiger partial charge in [-0.25, -0.2) is 4.39 Å². The second-order valence-electron chi connectivity index (χ2n) is 7.10. The number of anilines is 2. The molecule has 1 heterocycles. The van der Waals surface area contributed by atoms with Crippen LogP contribution in [0.25, 0.3) is 11.1 Å². The van der Waals surface area contributed by atoms with Crippen molar-refractivity contribution in [2.75, 3.05) is 30.8 Å². The number of primary amides is 1. The fraction of sp³-hybridized carbons (Fsp3) is 0.350. The molecule has 2 aromatic rings. The number of hydrogen-bond donors (Lipinski definition) is 2. The Kier molecular flexibility index (Phi) is 4.87. The molecule has 138 valence electrons. The average Bonchev–Trinajstić information content (AvgIpc) is 2.59. The fourth-order valence-corrected chi connectivity index (χ4v) is 3.51. The monoisotopic (exact) mass is 356 g/mol. The van der Waals surface area contributed by atoms with Crippen LogP contribution in [0.15, 0.2) is 36.4 Å². The number of halogens is 1. The van der Waals surface area contributed by atoms with E-state index in [-0.39, 0.29) is 5.56 Å². The van der Waals surface area contributed by atoms with Crippen LogP contribution in [-0.4, -0.2) is 43.0 Å². The highest BCUT2D eigenvalue weighted by Gasteiger charge is 2.27. The second kappa shape index (κ2) is 6.96. The van der Waals surface area contributed by atoms with Crippen LogP contribution in [0, 0.1) is 5.82 Å². The minimum atomic E-state index is -0.649. The number of rotatable bonds is 3. The fourth-order valence-electron chi connectivity index (χ4n) is 3.51. The summed E-state index contributed by atoms with van der Waals surface area (Å²) in [6, 6.07) is 10.7. The first-order valence-corrected chi connectivity index (χ1v) is 8.74. The van der Waals surface area contributed by atoms with Crippen LogP contribution in [0.5, 0.6) is 0 Å². The van der Waals surface area contributed by atoms with Crippen LogP contribution in [0.2, 0.25) is 0 Å². The Morgan fingerprint density at radius 2 is 1.77 bits per heavy atom. The van der Waals surface area contributed by atoms with Crippen molar-refractivity contribution in [3.8, 4) is 11.1 Å². The smallest absolute Gasteiger partial charge is 0.248 e. The van der Waals surface area contributed by atoms with Gasteiger partial charge < -0.3 is 16.4 Å². The summed E-state index contributed by atoms with van der Waals surface area (Å²) in [5.74, 6) is -1.14. The first-order chi connectivity index (χ1) is 12.3. The molecule has 1 amide bonds. The lowest BCUT2D eigenvalue weighted by Crippen LogP contribution is -2.55. The quantitative estimate of drug-likeness (QED) is 0.829. The lowest BCUT2D eigenvalue weighted by atomic mass is 10.0. The molecule has 0 unspecified atom stereocenters. The van der Waals surface area contributed by atoms with Gasteiger partial charge in [-0.05, 0) is 50.7 Å². The van der Waals surface area contributed by atoms with Crippen molar-refractivity contribution in [2.45, 2.75) is 25.9 Å². The zero-order chi connectivity index (χ0) is 19.0. The summed E-state index contributed by atoms with van der Waals surface area (Å²) in [5.41, 5.74) is 14.3. The molecule has 2 atom stereocenters. The molecule has 3 rings (SSSR count). The van der Waals surface area contributed by atoms with Gasteiger partial charge in [-0.15, -0.1) is 0 Å². The molecule has 1 fully saturated rings. The van der Waals surface area contributed by atoms with E-state index in [2.05, 4.69) is 30.7 Å². The lowest BCUT2D eigenvalue weighted by Gasteiger charge is -2.43. The van der Waals surface area contributed by atoms with Gasteiger partial charge >= 0.3 is 0 Å². The van der Waals surface area contributed by atoms with E-state index in [0.717, 1.165) is 24.8 Å². The third kappa shape index (κ3) is 3.37. The van der Waals surface area contributed by atoms with Crippen LogP contribution >= 0.6 is 0 Å². The Labute approximate surface area is 153 Å². The van der Waals surface area contributed by atoms with E-state index in [4.69, 9.17) is 11.5 Å². The molecule has 0 aliphatic carbocycles. The molecular weight excluding hydrogens is 331 g/mol. The van der Waals surface area contributed by atoms with Crippen LogP contribution < -0.4 is 16.4 Å². The Bertz CT molecular complexity index is 827. The Morgan fingerprint density at radius 3 is 2.31 bits per heavy atom. The zero-order valence-corrected chi connectivity index (χ0v) is 15.4. The zero-order valence-electron chi connectivity index (χ0n) is 15.4. The van der Waals surface area contributed by atoms with Crippen molar-refractivity contribution < 1.29 is 9.18 Å². The summed E-state index contributed by atoms with van der Waals surface area (Å²) >= 11 is 0. The SMILES string of the molecule is C[C@@H]1CN(c2ccc(-c3ccc(C(N)=O)cc3F)cc2N)C[C@H](C)N1C. The number of carbonyl (C=O) groups excluding carboxylic acids is 1. The first kappa shape index (κ1) is 18.2.